The zero-order chi connectivity index (χ0) is 18.9. The van der Waals surface area contributed by atoms with Gasteiger partial charge < -0.3 is 15.4 Å². The second kappa shape index (κ2) is 9.87. The lowest BCUT2D eigenvalue weighted by molar-refractivity contribution is -0.114. The second-order valence-corrected chi connectivity index (χ2v) is 6.82. The number of carbonyl (C=O) groups is 2. The second-order valence-electron chi connectivity index (χ2n) is 5.84. The summed E-state index contributed by atoms with van der Waals surface area (Å²) in [7, 11) is 0. The van der Waals surface area contributed by atoms with E-state index in [1.165, 1.54) is 11.8 Å². The van der Waals surface area contributed by atoms with E-state index in [1.807, 2.05) is 57.2 Å². The summed E-state index contributed by atoms with van der Waals surface area (Å²) in [5, 5.41) is 5.71. The van der Waals surface area contributed by atoms with Crippen molar-refractivity contribution < 1.29 is 14.3 Å². The molecule has 0 bridgehead atoms. The van der Waals surface area contributed by atoms with Crippen LogP contribution in [0.15, 0.2) is 42.5 Å². The van der Waals surface area contributed by atoms with Gasteiger partial charge in [0.2, 0.25) is 11.8 Å². The number of ether oxygens (including phenoxy) is 1. The van der Waals surface area contributed by atoms with E-state index in [0.717, 1.165) is 16.8 Å². The number of hydrogen-bond acceptors (Lipinski definition) is 4. The van der Waals surface area contributed by atoms with Gasteiger partial charge in [-0.05, 0) is 50.1 Å². The van der Waals surface area contributed by atoms with Gasteiger partial charge in [0, 0.05) is 5.69 Å². The molecule has 0 fully saturated rings. The van der Waals surface area contributed by atoms with Crippen molar-refractivity contribution in [2.24, 2.45) is 0 Å². The van der Waals surface area contributed by atoms with Crippen LogP contribution in [-0.2, 0) is 9.59 Å². The van der Waals surface area contributed by atoms with Crippen molar-refractivity contribution in [1.82, 2.24) is 0 Å². The van der Waals surface area contributed by atoms with Gasteiger partial charge in [-0.25, -0.2) is 0 Å². The van der Waals surface area contributed by atoms with Gasteiger partial charge in [0.25, 0.3) is 0 Å². The maximum absolute atomic E-state index is 12.1. The van der Waals surface area contributed by atoms with E-state index < -0.39 is 0 Å². The van der Waals surface area contributed by atoms with Gasteiger partial charge >= 0.3 is 0 Å². The van der Waals surface area contributed by atoms with Gasteiger partial charge in [-0.1, -0.05) is 24.3 Å². The van der Waals surface area contributed by atoms with Crippen molar-refractivity contribution in [1.29, 1.82) is 0 Å². The highest BCUT2D eigenvalue weighted by Gasteiger charge is 2.10. The molecule has 0 aromatic heterocycles. The first-order chi connectivity index (χ1) is 12.5. The molecule has 0 aliphatic carbocycles. The fraction of sp³-hybridized carbons (Fsp3) is 0.300. The lowest BCUT2D eigenvalue weighted by Crippen LogP contribution is -2.19. The van der Waals surface area contributed by atoms with Crippen molar-refractivity contribution >= 4 is 35.0 Å². The van der Waals surface area contributed by atoms with Crippen molar-refractivity contribution in [2.45, 2.75) is 20.8 Å². The third kappa shape index (κ3) is 6.11. The van der Waals surface area contributed by atoms with Crippen LogP contribution < -0.4 is 15.4 Å². The largest absolute Gasteiger partial charge is 0.492 e. The third-order valence-electron chi connectivity index (χ3n) is 3.59. The Balaban J connectivity index is 1.79. The number of anilines is 2. The standard InChI is InChI=1S/C20H24N2O3S/c1-4-25-18-8-6-5-7-16(18)21-19(23)12-26-13-20(24)22-17-11-14(2)9-10-15(17)3/h5-11H,4,12-13H2,1-3H3,(H,21,23)(H,22,24). The highest BCUT2D eigenvalue weighted by Crippen LogP contribution is 2.24. The summed E-state index contributed by atoms with van der Waals surface area (Å²) >= 11 is 1.27. The van der Waals surface area contributed by atoms with Crippen molar-refractivity contribution in [3.05, 3.63) is 53.6 Å². The summed E-state index contributed by atoms with van der Waals surface area (Å²) < 4.78 is 5.48. The molecule has 5 nitrogen and oxygen atoms in total. The van der Waals surface area contributed by atoms with Crippen LogP contribution in [0.2, 0.25) is 0 Å². The van der Waals surface area contributed by atoms with Gasteiger partial charge in [-0.2, -0.15) is 0 Å². The van der Waals surface area contributed by atoms with Crippen LogP contribution in [0.25, 0.3) is 0 Å². The SMILES string of the molecule is CCOc1ccccc1NC(=O)CSCC(=O)Nc1cc(C)ccc1C. The summed E-state index contributed by atoms with van der Waals surface area (Å²) in [6, 6.07) is 13.2. The summed E-state index contributed by atoms with van der Waals surface area (Å²) in [6.45, 7) is 6.35. The average molecular weight is 372 g/mol. The molecule has 0 aliphatic heterocycles. The lowest BCUT2D eigenvalue weighted by atomic mass is 10.1. The molecule has 0 radical (unpaired) electrons. The minimum Gasteiger partial charge on any atom is -0.492 e. The fourth-order valence-corrected chi connectivity index (χ4v) is 2.95. The highest BCUT2D eigenvalue weighted by atomic mass is 32.2. The van der Waals surface area contributed by atoms with Crippen LogP contribution in [0.5, 0.6) is 5.75 Å². The van der Waals surface area contributed by atoms with Crippen molar-refractivity contribution in [3.63, 3.8) is 0 Å². The fourth-order valence-electron chi connectivity index (χ4n) is 2.33. The number of aryl methyl sites for hydroxylation is 2. The van der Waals surface area contributed by atoms with E-state index >= 15 is 0 Å². The first-order valence-corrected chi connectivity index (χ1v) is 9.61. The number of carbonyl (C=O) groups excluding carboxylic acids is 2. The van der Waals surface area contributed by atoms with Gasteiger partial charge in [-0.15, -0.1) is 11.8 Å². The predicted molar refractivity (Wildman–Crippen MR) is 108 cm³/mol. The van der Waals surface area contributed by atoms with Crippen LogP contribution in [0.1, 0.15) is 18.1 Å². The number of para-hydroxylation sites is 2. The van der Waals surface area contributed by atoms with Crippen LogP contribution in [0.4, 0.5) is 11.4 Å². The highest BCUT2D eigenvalue weighted by molar-refractivity contribution is 8.00. The number of hydrogen-bond donors (Lipinski definition) is 2. The Morgan fingerprint density at radius 3 is 2.31 bits per heavy atom. The molecule has 2 aromatic rings. The van der Waals surface area contributed by atoms with E-state index in [2.05, 4.69) is 10.6 Å². The summed E-state index contributed by atoms with van der Waals surface area (Å²) in [5.74, 6) is 0.767. The summed E-state index contributed by atoms with van der Waals surface area (Å²) in [4.78, 5) is 24.2. The van der Waals surface area contributed by atoms with Crippen molar-refractivity contribution in [3.8, 4) is 5.75 Å². The number of nitrogens with one attached hydrogen (secondary N) is 2. The third-order valence-corrected chi connectivity index (χ3v) is 4.53. The van der Waals surface area contributed by atoms with E-state index in [-0.39, 0.29) is 23.3 Å². The Morgan fingerprint density at radius 2 is 1.62 bits per heavy atom. The predicted octanol–water partition coefficient (Wildman–Crippen LogP) is 4.01. The molecule has 2 aromatic carbocycles. The molecule has 0 heterocycles. The minimum absolute atomic E-state index is 0.119. The topological polar surface area (TPSA) is 67.4 Å². The first-order valence-electron chi connectivity index (χ1n) is 8.46. The van der Waals surface area contributed by atoms with Gasteiger partial charge in [-0.3, -0.25) is 9.59 Å². The van der Waals surface area contributed by atoms with E-state index in [1.54, 1.807) is 6.07 Å². The van der Waals surface area contributed by atoms with Crippen LogP contribution >= 0.6 is 11.8 Å². The van der Waals surface area contributed by atoms with Crippen molar-refractivity contribution in [2.75, 3.05) is 28.7 Å². The molecular weight excluding hydrogens is 348 g/mol. The lowest BCUT2D eigenvalue weighted by Gasteiger charge is -2.11. The molecule has 0 unspecified atom stereocenters. The normalized spacial score (nSPS) is 10.3. The molecule has 138 valence electrons. The quantitative estimate of drug-likeness (QED) is 0.735. The van der Waals surface area contributed by atoms with E-state index in [4.69, 9.17) is 4.74 Å². The van der Waals surface area contributed by atoms with E-state index in [9.17, 15) is 9.59 Å². The maximum atomic E-state index is 12.1. The molecule has 0 aliphatic rings. The monoisotopic (exact) mass is 372 g/mol. The minimum atomic E-state index is -0.165. The summed E-state index contributed by atoms with van der Waals surface area (Å²) in [6.07, 6.45) is 0. The Kier molecular flexibility index (Phi) is 7.53. The molecule has 26 heavy (non-hydrogen) atoms. The number of thioether (sulfide) groups is 1. The Bertz CT molecular complexity index is 777. The molecule has 6 heteroatoms. The van der Waals surface area contributed by atoms with Crippen LogP contribution in [-0.4, -0.2) is 29.9 Å². The zero-order valence-electron chi connectivity index (χ0n) is 15.3. The molecule has 2 N–H and O–H groups in total. The zero-order valence-corrected chi connectivity index (χ0v) is 16.1. The number of amides is 2. The van der Waals surface area contributed by atoms with Crippen LogP contribution in [0, 0.1) is 13.8 Å². The average Bonchev–Trinajstić information content (AvgIpc) is 2.60. The summed E-state index contributed by atoms with van der Waals surface area (Å²) in [5.41, 5.74) is 3.55. The smallest absolute Gasteiger partial charge is 0.234 e. The first kappa shape index (κ1) is 19.8. The molecule has 0 spiro atoms. The van der Waals surface area contributed by atoms with E-state index in [0.29, 0.717) is 18.0 Å². The van der Waals surface area contributed by atoms with Gasteiger partial charge in [0.05, 0.1) is 23.8 Å². The number of rotatable bonds is 8. The molecule has 2 rings (SSSR count). The number of benzene rings is 2. The van der Waals surface area contributed by atoms with Gasteiger partial charge in [0.15, 0.2) is 0 Å². The maximum Gasteiger partial charge on any atom is 0.234 e. The molecule has 0 atom stereocenters. The molecule has 0 saturated heterocycles. The Labute approximate surface area is 158 Å². The van der Waals surface area contributed by atoms with Crippen LogP contribution in [0.3, 0.4) is 0 Å². The molecule has 2 amide bonds. The Morgan fingerprint density at radius 1 is 0.962 bits per heavy atom. The van der Waals surface area contributed by atoms with Gasteiger partial charge in [0.1, 0.15) is 5.75 Å². The Hall–Kier alpha value is -2.47. The molecular formula is C20H24N2O3S. The molecule has 0 saturated carbocycles.